The Kier molecular flexibility index (Phi) is 4.77. The molecule has 0 saturated heterocycles. The molecule has 0 aromatic heterocycles. The van der Waals surface area contributed by atoms with Crippen molar-refractivity contribution in [3.05, 3.63) is 0 Å². The van der Waals surface area contributed by atoms with Crippen molar-refractivity contribution in [3.63, 3.8) is 0 Å². The van der Waals surface area contributed by atoms with Crippen LogP contribution in [0.4, 0.5) is 0 Å². The smallest absolute Gasteiger partial charge is 0.205 e. The molecule has 0 aliphatic carbocycles. The maximum Gasteiger partial charge on any atom is 0.205 e. The summed E-state index contributed by atoms with van der Waals surface area (Å²) < 4.78 is 0. The topological polar surface area (TPSA) is 43.1 Å². The van der Waals surface area contributed by atoms with E-state index in [0.717, 1.165) is 25.7 Å². The van der Waals surface area contributed by atoms with Crippen molar-refractivity contribution in [3.8, 4) is 0 Å². The Hall–Kier alpha value is -0.0200. The molecule has 0 bridgehead atoms. The monoisotopic (exact) mass is 175 g/mol. The van der Waals surface area contributed by atoms with Crippen LogP contribution in [-0.4, -0.2) is 10.7 Å². The third kappa shape index (κ3) is 4.43. The van der Waals surface area contributed by atoms with Crippen LogP contribution in [-0.2, 0) is 4.79 Å². The van der Waals surface area contributed by atoms with Gasteiger partial charge in [0.25, 0.3) is 0 Å². The minimum atomic E-state index is -0.724. The molecule has 2 nitrogen and oxygen atoms in total. The third-order valence-corrected chi connectivity index (χ3v) is 2.30. The fourth-order valence-corrected chi connectivity index (χ4v) is 0.961. The van der Waals surface area contributed by atoms with E-state index in [4.69, 9.17) is 5.73 Å². The molecular weight excluding hydrogens is 158 g/mol. The second-order valence-electron chi connectivity index (χ2n) is 3.18. The first-order valence-corrected chi connectivity index (χ1v) is 4.47. The van der Waals surface area contributed by atoms with E-state index >= 15 is 0 Å². The summed E-state index contributed by atoms with van der Waals surface area (Å²) in [4.78, 5) is 10.8. The molecule has 0 aromatic rings. The molecule has 0 amide bonds. The van der Waals surface area contributed by atoms with Crippen molar-refractivity contribution in [2.24, 2.45) is 5.73 Å². The van der Waals surface area contributed by atoms with Gasteiger partial charge in [0.15, 0.2) is 0 Å². The lowest BCUT2D eigenvalue weighted by Crippen LogP contribution is -2.42. The van der Waals surface area contributed by atoms with Gasteiger partial charge in [-0.2, -0.15) is 0 Å². The Bertz CT molecular complexity index is 134. The predicted molar refractivity (Wildman–Crippen MR) is 50.7 cm³/mol. The molecule has 0 aromatic carbocycles. The molecule has 2 N–H and O–H groups in total. The predicted octanol–water partition coefficient (Wildman–Crippen LogP) is 1.74. The minimum absolute atomic E-state index is 0.214. The molecule has 0 aliphatic heterocycles. The van der Waals surface area contributed by atoms with Gasteiger partial charge in [0.2, 0.25) is 5.12 Å². The van der Waals surface area contributed by atoms with Gasteiger partial charge in [0.1, 0.15) is 0 Å². The van der Waals surface area contributed by atoms with Crippen LogP contribution in [0.3, 0.4) is 0 Å². The van der Waals surface area contributed by atoms with E-state index in [1.165, 1.54) is 0 Å². The largest absolute Gasteiger partial charge is 0.318 e. The standard InChI is InChI=1S/C8H17NOS/c1-3-4-5-6-8(2,9)7(10)11/h3-6,9H2,1-2H3,(H,10,11). The first-order valence-electron chi connectivity index (χ1n) is 4.03. The van der Waals surface area contributed by atoms with Crippen LogP contribution >= 0.6 is 12.6 Å². The molecule has 1 unspecified atom stereocenters. The molecule has 0 radical (unpaired) electrons. The molecule has 66 valence electrons. The zero-order valence-electron chi connectivity index (χ0n) is 7.26. The van der Waals surface area contributed by atoms with Crippen LogP contribution in [0.25, 0.3) is 0 Å². The van der Waals surface area contributed by atoms with Crippen molar-refractivity contribution >= 4 is 17.7 Å². The summed E-state index contributed by atoms with van der Waals surface area (Å²) in [5.41, 5.74) is 4.95. The van der Waals surface area contributed by atoms with E-state index in [1.54, 1.807) is 6.92 Å². The fraction of sp³-hybridized carbons (Fsp3) is 0.875. The van der Waals surface area contributed by atoms with E-state index in [9.17, 15) is 4.79 Å². The summed E-state index contributed by atoms with van der Waals surface area (Å²) in [6, 6.07) is 0. The van der Waals surface area contributed by atoms with Gasteiger partial charge in [-0.1, -0.05) is 26.2 Å². The summed E-state index contributed by atoms with van der Waals surface area (Å²) in [5, 5.41) is -0.214. The van der Waals surface area contributed by atoms with E-state index in [2.05, 4.69) is 19.6 Å². The van der Waals surface area contributed by atoms with Crippen molar-refractivity contribution in [1.29, 1.82) is 0 Å². The first kappa shape index (κ1) is 11.0. The van der Waals surface area contributed by atoms with Crippen LogP contribution in [0.2, 0.25) is 0 Å². The van der Waals surface area contributed by atoms with Crippen LogP contribution < -0.4 is 5.73 Å². The van der Waals surface area contributed by atoms with Crippen LogP contribution in [0, 0.1) is 0 Å². The van der Waals surface area contributed by atoms with Crippen molar-refractivity contribution in [1.82, 2.24) is 0 Å². The number of carbonyl (C=O) groups excluding carboxylic acids is 1. The second-order valence-corrected chi connectivity index (χ2v) is 3.59. The molecule has 3 heteroatoms. The van der Waals surface area contributed by atoms with E-state index in [-0.39, 0.29) is 5.12 Å². The number of hydrogen-bond donors (Lipinski definition) is 2. The fourth-order valence-electron chi connectivity index (χ4n) is 0.849. The van der Waals surface area contributed by atoms with Crippen LogP contribution in [0.5, 0.6) is 0 Å². The lowest BCUT2D eigenvalue weighted by Gasteiger charge is -2.19. The van der Waals surface area contributed by atoms with Crippen molar-refractivity contribution in [2.45, 2.75) is 45.1 Å². The summed E-state index contributed by atoms with van der Waals surface area (Å²) in [7, 11) is 0. The number of nitrogens with two attached hydrogens (primary N) is 1. The molecular formula is C8H17NOS. The van der Waals surface area contributed by atoms with E-state index in [1.807, 2.05) is 0 Å². The molecule has 0 rings (SSSR count). The second kappa shape index (κ2) is 4.78. The Morgan fingerprint density at radius 3 is 2.45 bits per heavy atom. The SMILES string of the molecule is CCCCCC(C)(N)C(=O)S. The average molecular weight is 175 g/mol. The Morgan fingerprint density at radius 2 is 2.09 bits per heavy atom. The highest BCUT2D eigenvalue weighted by atomic mass is 32.1. The molecule has 11 heavy (non-hydrogen) atoms. The van der Waals surface area contributed by atoms with Crippen LogP contribution in [0.1, 0.15) is 39.5 Å². The van der Waals surface area contributed by atoms with Crippen molar-refractivity contribution in [2.75, 3.05) is 0 Å². The number of hydrogen-bond acceptors (Lipinski definition) is 2. The summed E-state index contributed by atoms with van der Waals surface area (Å²) >= 11 is 3.72. The Balaban J connectivity index is 3.64. The van der Waals surface area contributed by atoms with Gasteiger partial charge in [-0.25, -0.2) is 0 Å². The highest BCUT2D eigenvalue weighted by Crippen LogP contribution is 2.14. The molecule has 0 spiro atoms. The quantitative estimate of drug-likeness (QED) is 0.494. The first-order chi connectivity index (χ1) is 5.00. The van der Waals surface area contributed by atoms with Gasteiger partial charge in [0, 0.05) is 0 Å². The van der Waals surface area contributed by atoms with Crippen molar-refractivity contribution < 1.29 is 4.79 Å². The number of unbranched alkanes of at least 4 members (excludes halogenated alkanes) is 2. The van der Waals surface area contributed by atoms with Gasteiger partial charge < -0.3 is 5.73 Å². The molecule has 0 aliphatic rings. The maximum absolute atomic E-state index is 10.8. The molecule has 1 atom stereocenters. The zero-order chi connectivity index (χ0) is 8.91. The van der Waals surface area contributed by atoms with E-state index in [0.29, 0.717) is 0 Å². The van der Waals surface area contributed by atoms with Gasteiger partial charge in [0.05, 0.1) is 5.54 Å². The van der Waals surface area contributed by atoms with Gasteiger partial charge in [-0.3, -0.25) is 4.79 Å². The molecule has 0 heterocycles. The number of rotatable bonds is 5. The normalized spacial score (nSPS) is 16.0. The number of thiol groups is 1. The lowest BCUT2D eigenvalue weighted by atomic mass is 9.97. The van der Waals surface area contributed by atoms with Gasteiger partial charge in [-0.05, 0) is 13.3 Å². The Morgan fingerprint density at radius 1 is 1.55 bits per heavy atom. The molecule has 0 fully saturated rings. The zero-order valence-corrected chi connectivity index (χ0v) is 8.16. The minimum Gasteiger partial charge on any atom is -0.318 e. The summed E-state index contributed by atoms with van der Waals surface area (Å²) in [6.07, 6.45) is 4.03. The lowest BCUT2D eigenvalue weighted by molar-refractivity contribution is -0.115. The molecule has 0 saturated carbocycles. The number of carbonyl (C=O) groups is 1. The summed E-state index contributed by atoms with van der Waals surface area (Å²) in [5.74, 6) is 0. The van der Waals surface area contributed by atoms with E-state index < -0.39 is 5.54 Å². The van der Waals surface area contributed by atoms with Gasteiger partial charge in [-0.15, -0.1) is 12.6 Å². The van der Waals surface area contributed by atoms with Crippen LogP contribution in [0.15, 0.2) is 0 Å². The highest BCUT2D eigenvalue weighted by Gasteiger charge is 2.23. The van der Waals surface area contributed by atoms with Gasteiger partial charge >= 0.3 is 0 Å². The third-order valence-electron chi connectivity index (χ3n) is 1.79. The Labute approximate surface area is 74.0 Å². The maximum atomic E-state index is 10.8. The highest BCUT2D eigenvalue weighted by molar-refractivity contribution is 7.96. The summed E-state index contributed by atoms with van der Waals surface area (Å²) in [6.45, 7) is 3.86. The average Bonchev–Trinajstić information content (AvgIpc) is 1.88.